The fraction of sp³-hybridized carbons (Fsp3) is 0.458. The molecule has 1 fully saturated rings. The molecule has 8 heteroatoms. The molecule has 1 unspecified atom stereocenters. The minimum absolute atomic E-state index is 0.269. The van der Waals surface area contributed by atoms with Gasteiger partial charge in [0.2, 0.25) is 0 Å². The molecule has 2 aromatic rings. The van der Waals surface area contributed by atoms with Crippen molar-refractivity contribution in [3.05, 3.63) is 57.5 Å². The zero-order chi connectivity index (χ0) is 23.3. The zero-order valence-electron chi connectivity index (χ0n) is 18.8. The number of hydrogen-bond donors (Lipinski definition) is 1. The van der Waals surface area contributed by atoms with E-state index in [4.69, 9.17) is 4.74 Å². The number of halogens is 2. The first-order chi connectivity index (χ1) is 15.1. The number of β-amino-alcohol motifs (C(OH)–C–C–N with tert-alkyl or cyclic N) is 1. The first kappa shape index (κ1) is 25.0. The number of carbonyl (C=O) groups excluding carboxylic acids is 1. The Morgan fingerprint density at radius 2 is 1.44 bits per heavy atom. The van der Waals surface area contributed by atoms with E-state index in [1.165, 1.54) is 0 Å². The average molecular weight is 569 g/mol. The van der Waals surface area contributed by atoms with E-state index in [9.17, 15) is 9.90 Å². The maximum absolute atomic E-state index is 12.3. The standard InChI is InChI=1S/C24H31Br2N3O3/c1-24(2,3)32-23(31)28-14-12-27(13-15-28)16-22(30)17-29(20-8-4-18(25)5-9-20)21-10-6-19(26)7-11-21/h4-11,22,30H,12-17H2,1-3H3. The Morgan fingerprint density at radius 3 is 1.88 bits per heavy atom. The predicted octanol–water partition coefficient (Wildman–Crippen LogP) is 5.26. The normalized spacial score (nSPS) is 16.0. The first-order valence-corrected chi connectivity index (χ1v) is 12.4. The summed E-state index contributed by atoms with van der Waals surface area (Å²) in [6.45, 7) is 9.27. The van der Waals surface area contributed by atoms with Crippen LogP contribution >= 0.6 is 31.9 Å². The van der Waals surface area contributed by atoms with Crippen LogP contribution in [0.1, 0.15) is 20.8 Å². The van der Waals surface area contributed by atoms with E-state index in [2.05, 4.69) is 41.7 Å². The van der Waals surface area contributed by atoms with Gasteiger partial charge in [0.25, 0.3) is 0 Å². The Bertz CT molecular complexity index is 831. The van der Waals surface area contributed by atoms with E-state index >= 15 is 0 Å². The molecule has 174 valence electrons. The highest BCUT2D eigenvalue weighted by Gasteiger charge is 2.27. The lowest BCUT2D eigenvalue weighted by atomic mass is 10.2. The monoisotopic (exact) mass is 567 g/mol. The minimum atomic E-state index is -0.546. The van der Waals surface area contributed by atoms with E-state index in [1.807, 2.05) is 69.3 Å². The van der Waals surface area contributed by atoms with Gasteiger partial charge < -0.3 is 19.6 Å². The molecule has 1 amide bonds. The molecule has 0 radical (unpaired) electrons. The van der Waals surface area contributed by atoms with E-state index in [1.54, 1.807) is 4.90 Å². The van der Waals surface area contributed by atoms with Gasteiger partial charge in [-0.2, -0.15) is 0 Å². The smallest absolute Gasteiger partial charge is 0.410 e. The van der Waals surface area contributed by atoms with Crippen LogP contribution in [0, 0.1) is 0 Å². The molecular weight excluding hydrogens is 538 g/mol. The van der Waals surface area contributed by atoms with Crippen molar-refractivity contribution < 1.29 is 14.6 Å². The fourth-order valence-corrected chi connectivity index (χ4v) is 4.14. The van der Waals surface area contributed by atoms with Crippen molar-refractivity contribution in [2.24, 2.45) is 0 Å². The van der Waals surface area contributed by atoms with Crippen molar-refractivity contribution in [2.75, 3.05) is 44.2 Å². The number of piperazine rings is 1. The summed E-state index contributed by atoms with van der Waals surface area (Å²) in [5, 5.41) is 10.9. The molecule has 1 aliphatic rings. The highest BCUT2D eigenvalue weighted by atomic mass is 79.9. The van der Waals surface area contributed by atoms with Crippen LogP contribution in [0.15, 0.2) is 57.5 Å². The Morgan fingerprint density at radius 1 is 0.969 bits per heavy atom. The summed E-state index contributed by atoms with van der Waals surface area (Å²) < 4.78 is 7.50. The number of aliphatic hydroxyl groups excluding tert-OH is 1. The molecule has 1 atom stereocenters. The van der Waals surface area contributed by atoms with Crippen molar-refractivity contribution >= 4 is 49.3 Å². The molecule has 0 spiro atoms. The Hall–Kier alpha value is -1.61. The topological polar surface area (TPSA) is 56.3 Å². The van der Waals surface area contributed by atoms with Gasteiger partial charge >= 0.3 is 6.09 Å². The molecule has 3 rings (SSSR count). The van der Waals surface area contributed by atoms with Crippen LogP contribution in [0.5, 0.6) is 0 Å². The lowest BCUT2D eigenvalue weighted by Gasteiger charge is -2.37. The van der Waals surface area contributed by atoms with Crippen LogP contribution in [0.3, 0.4) is 0 Å². The maximum Gasteiger partial charge on any atom is 0.410 e. The van der Waals surface area contributed by atoms with Gasteiger partial charge in [-0.1, -0.05) is 31.9 Å². The molecule has 2 aromatic carbocycles. The largest absolute Gasteiger partial charge is 0.444 e. The summed E-state index contributed by atoms with van der Waals surface area (Å²) in [6, 6.07) is 16.2. The second kappa shape index (κ2) is 11.0. The number of hydrogen-bond acceptors (Lipinski definition) is 5. The second-order valence-electron chi connectivity index (χ2n) is 8.99. The summed E-state index contributed by atoms with van der Waals surface area (Å²) in [4.78, 5) is 18.3. The molecule has 6 nitrogen and oxygen atoms in total. The number of benzene rings is 2. The molecule has 1 saturated heterocycles. The third-order valence-corrected chi connectivity index (χ3v) is 6.22. The number of aliphatic hydroxyl groups is 1. The van der Waals surface area contributed by atoms with E-state index in [-0.39, 0.29) is 6.09 Å². The van der Waals surface area contributed by atoms with Crippen molar-refractivity contribution in [2.45, 2.75) is 32.5 Å². The minimum Gasteiger partial charge on any atom is -0.444 e. The molecule has 0 bridgehead atoms. The zero-order valence-corrected chi connectivity index (χ0v) is 22.0. The van der Waals surface area contributed by atoms with E-state index in [0.29, 0.717) is 39.3 Å². The number of rotatable bonds is 6. The third-order valence-electron chi connectivity index (χ3n) is 5.16. The summed E-state index contributed by atoms with van der Waals surface area (Å²) >= 11 is 6.98. The SMILES string of the molecule is CC(C)(C)OC(=O)N1CCN(CC(O)CN(c2ccc(Br)cc2)c2ccc(Br)cc2)CC1. The summed E-state index contributed by atoms with van der Waals surface area (Å²) in [6.07, 6.45) is -0.815. The summed E-state index contributed by atoms with van der Waals surface area (Å²) in [5.74, 6) is 0. The summed E-state index contributed by atoms with van der Waals surface area (Å²) in [5.41, 5.74) is 1.54. The molecule has 32 heavy (non-hydrogen) atoms. The lowest BCUT2D eigenvalue weighted by molar-refractivity contribution is 0.0106. The van der Waals surface area contributed by atoms with Gasteiger partial charge in [0.05, 0.1) is 12.6 Å². The Labute approximate surface area is 207 Å². The van der Waals surface area contributed by atoms with Crippen molar-refractivity contribution in [1.82, 2.24) is 9.80 Å². The predicted molar refractivity (Wildman–Crippen MR) is 136 cm³/mol. The number of anilines is 2. The van der Waals surface area contributed by atoms with Crippen molar-refractivity contribution in [1.29, 1.82) is 0 Å². The van der Waals surface area contributed by atoms with Gasteiger partial charge in [-0.15, -0.1) is 0 Å². The molecule has 0 aromatic heterocycles. The van der Waals surface area contributed by atoms with Gasteiger partial charge in [0, 0.05) is 53.0 Å². The molecule has 1 N–H and O–H groups in total. The quantitative estimate of drug-likeness (QED) is 0.515. The average Bonchev–Trinajstić information content (AvgIpc) is 2.73. The first-order valence-electron chi connectivity index (χ1n) is 10.8. The van der Waals surface area contributed by atoms with Crippen LogP contribution in [-0.2, 0) is 4.74 Å². The molecular formula is C24H31Br2N3O3. The molecule has 0 aliphatic carbocycles. The van der Waals surface area contributed by atoms with Crippen molar-refractivity contribution in [3.63, 3.8) is 0 Å². The van der Waals surface area contributed by atoms with Gasteiger partial charge in [-0.3, -0.25) is 4.90 Å². The van der Waals surface area contributed by atoms with Crippen LogP contribution in [0.4, 0.5) is 16.2 Å². The van der Waals surface area contributed by atoms with E-state index in [0.717, 1.165) is 20.3 Å². The van der Waals surface area contributed by atoms with Gasteiger partial charge in [-0.25, -0.2) is 4.79 Å². The van der Waals surface area contributed by atoms with Gasteiger partial charge in [0.15, 0.2) is 0 Å². The van der Waals surface area contributed by atoms with E-state index < -0.39 is 11.7 Å². The highest BCUT2D eigenvalue weighted by molar-refractivity contribution is 9.10. The second-order valence-corrected chi connectivity index (χ2v) is 10.8. The van der Waals surface area contributed by atoms with Crippen LogP contribution < -0.4 is 4.90 Å². The number of nitrogens with zero attached hydrogens (tertiary/aromatic N) is 3. The fourth-order valence-electron chi connectivity index (χ4n) is 3.61. The molecule has 1 heterocycles. The van der Waals surface area contributed by atoms with Crippen LogP contribution in [0.2, 0.25) is 0 Å². The molecule has 0 saturated carbocycles. The van der Waals surface area contributed by atoms with Crippen LogP contribution in [-0.4, -0.2) is 72.0 Å². The van der Waals surface area contributed by atoms with Crippen LogP contribution in [0.25, 0.3) is 0 Å². The number of ether oxygens (including phenoxy) is 1. The maximum atomic E-state index is 12.3. The lowest BCUT2D eigenvalue weighted by Crippen LogP contribution is -2.52. The third kappa shape index (κ3) is 7.47. The summed E-state index contributed by atoms with van der Waals surface area (Å²) in [7, 11) is 0. The van der Waals surface area contributed by atoms with Gasteiger partial charge in [0.1, 0.15) is 5.60 Å². The Kier molecular flexibility index (Phi) is 8.61. The number of carbonyl (C=O) groups is 1. The number of amides is 1. The van der Waals surface area contributed by atoms with Crippen molar-refractivity contribution in [3.8, 4) is 0 Å². The Balaban J connectivity index is 1.60. The molecule has 1 aliphatic heterocycles. The highest BCUT2D eigenvalue weighted by Crippen LogP contribution is 2.28. The van der Waals surface area contributed by atoms with Gasteiger partial charge in [-0.05, 0) is 69.3 Å².